The molecule has 0 aromatic heterocycles. The molecule has 2 nitrogen and oxygen atoms in total. The minimum Gasteiger partial charge on any atom is -0.329 e. The van der Waals surface area contributed by atoms with E-state index < -0.39 is 0 Å². The fourth-order valence-electron chi connectivity index (χ4n) is 2.33. The van der Waals surface area contributed by atoms with Crippen LogP contribution < -0.4 is 5.73 Å². The number of nitrogens with two attached hydrogens (primary N) is 1. The van der Waals surface area contributed by atoms with E-state index in [1.54, 1.807) is 0 Å². The van der Waals surface area contributed by atoms with Gasteiger partial charge in [-0.15, -0.1) is 0 Å². The number of hydrogen-bond donors (Lipinski definition) is 1. The fourth-order valence-corrected chi connectivity index (χ4v) is 2.33. The number of hydrogen-bond acceptors (Lipinski definition) is 2. The summed E-state index contributed by atoms with van der Waals surface area (Å²) >= 11 is 0. The molecule has 0 bridgehead atoms. The van der Waals surface area contributed by atoms with Crippen molar-refractivity contribution in [3.63, 3.8) is 0 Å². The highest BCUT2D eigenvalue weighted by Gasteiger charge is 2.36. The molecule has 0 heterocycles. The van der Waals surface area contributed by atoms with Crippen molar-refractivity contribution in [2.75, 3.05) is 13.6 Å². The van der Waals surface area contributed by atoms with Gasteiger partial charge in [-0.3, -0.25) is 4.90 Å². The lowest BCUT2D eigenvalue weighted by atomic mass is 9.85. The molecule has 0 spiro atoms. The molecule has 0 amide bonds. The molecular formula is C12H26N2. The molecule has 1 saturated carbocycles. The lowest BCUT2D eigenvalue weighted by Crippen LogP contribution is -2.50. The maximum atomic E-state index is 5.88. The molecule has 2 atom stereocenters. The maximum Gasteiger partial charge on any atom is 0.0266 e. The van der Waals surface area contributed by atoms with Crippen LogP contribution in [0.15, 0.2) is 0 Å². The van der Waals surface area contributed by atoms with Gasteiger partial charge in [0.25, 0.3) is 0 Å². The second-order valence-electron chi connectivity index (χ2n) is 5.86. The van der Waals surface area contributed by atoms with Crippen LogP contribution in [-0.2, 0) is 0 Å². The second kappa shape index (κ2) is 4.19. The van der Waals surface area contributed by atoms with Gasteiger partial charge >= 0.3 is 0 Å². The van der Waals surface area contributed by atoms with Gasteiger partial charge in [0.05, 0.1) is 0 Å². The average Bonchev–Trinajstić information content (AvgIpc) is 2.83. The Morgan fingerprint density at radius 1 is 1.36 bits per heavy atom. The Bertz CT molecular complexity index is 179. The summed E-state index contributed by atoms with van der Waals surface area (Å²) in [7, 11) is 2.23. The van der Waals surface area contributed by atoms with Crippen LogP contribution in [-0.4, -0.2) is 30.6 Å². The van der Waals surface area contributed by atoms with Crippen molar-refractivity contribution in [2.45, 2.75) is 52.6 Å². The summed E-state index contributed by atoms with van der Waals surface area (Å²) < 4.78 is 0. The quantitative estimate of drug-likeness (QED) is 0.749. The molecular weight excluding hydrogens is 172 g/mol. The number of likely N-dealkylation sites (N-methyl/N-ethyl adjacent to an activating group) is 1. The van der Waals surface area contributed by atoms with Gasteiger partial charge in [-0.2, -0.15) is 0 Å². The Balaban J connectivity index is 2.58. The third-order valence-electron chi connectivity index (χ3n) is 3.66. The van der Waals surface area contributed by atoms with Crippen molar-refractivity contribution in [3.05, 3.63) is 0 Å². The Morgan fingerprint density at radius 2 is 1.86 bits per heavy atom. The average molecular weight is 198 g/mol. The van der Waals surface area contributed by atoms with Crippen molar-refractivity contribution in [1.82, 2.24) is 4.90 Å². The molecule has 2 unspecified atom stereocenters. The van der Waals surface area contributed by atoms with E-state index in [1.807, 2.05) is 0 Å². The largest absolute Gasteiger partial charge is 0.329 e. The molecule has 0 aromatic rings. The predicted octanol–water partition coefficient (Wildman–Crippen LogP) is 2.09. The smallest absolute Gasteiger partial charge is 0.0266 e. The summed E-state index contributed by atoms with van der Waals surface area (Å²) in [6.45, 7) is 9.94. The van der Waals surface area contributed by atoms with Gasteiger partial charge in [-0.1, -0.05) is 20.8 Å². The van der Waals surface area contributed by atoms with Gasteiger partial charge in [-0.05, 0) is 38.1 Å². The van der Waals surface area contributed by atoms with Crippen molar-refractivity contribution in [3.8, 4) is 0 Å². The molecule has 1 rings (SSSR count). The first-order chi connectivity index (χ1) is 6.38. The summed E-state index contributed by atoms with van der Waals surface area (Å²) in [4.78, 5) is 2.48. The van der Waals surface area contributed by atoms with Crippen LogP contribution in [0.3, 0.4) is 0 Å². The van der Waals surface area contributed by atoms with E-state index in [0.717, 1.165) is 12.5 Å². The van der Waals surface area contributed by atoms with Crippen LogP contribution in [0.4, 0.5) is 0 Å². The molecule has 2 heteroatoms. The van der Waals surface area contributed by atoms with Crippen molar-refractivity contribution in [2.24, 2.45) is 17.1 Å². The molecule has 1 aliphatic rings. The molecule has 84 valence electrons. The molecule has 2 N–H and O–H groups in total. The van der Waals surface area contributed by atoms with Crippen LogP contribution in [0.25, 0.3) is 0 Å². The minimum atomic E-state index is 0.284. The van der Waals surface area contributed by atoms with E-state index in [4.69, 9.17) is 5.73 Å². The Morgan fingerprint density at radius 3 is 2.14 bits per heavy atom. The number of rotatable bonds is 4. The van der Waals surface area contributed by atoms with Crippen molar-refractivity contribution < 1.29 is 0 Å². The van der Waals surface area contributed by atoms with Crippen LogP contribution >= 0.6 is 0 Å². The van der Waals surface area contributed by atoms with Gasteiger partial charge in [0.1, 0.15) is 0 Å². The monoisotopic (exact) mass is 198 g/mol. The third kappa shape index (κ3) is 2.71. The van der Waals surface area contributed by atoms with Gasteiger partial charge in [-0.25, -0.2) is 0 Å². The molecule has 0 aliphatic heterocycles. The van der Waals surface area contributed by atoms with E-state index in [2.05, 4.69) is 39.6 Å². The molecule has 1 aliphatic carbocycles. The highest BCUT2D eigenvalue weighted by Crippen LogP contribution is 2.37. The Hall–Kier alpha value is -0.0800. The van der Waals surface area contributed by atoms with E-state index in [0.29, 0.717) is 12.1 Å². The van der Waals surface area contributed by atoms with Gasteiger partial charge < -0.3 is 5.73 Å². The van der Waals surface area contributed by atoms with Crippen LogP contribution in [0.2, 0.25) is 0 Å². The SMILES string of the molecule is CC(C1CC1)N(C)C(CN)C(C)(C)C. The molecule has 0 radical (unpaired) electrons. The highest BCUT2D eigenvalue weighted by atomic mass is 15.2. The van der Waals surface area contributed by atoms with E-state index in [9.17, 15) is 0 Å². The van der Waals surface area contributed by atoms with E-state index in [1.165, 1.54) is 12.8 Å². The maximum absolute atomic E-state index is 5.88. The molecule has 0 aromatic carbocycles. The van der Waals surface area contributed by atoms with Gasteiger partial charge in [0, 0.05) is 18.6 Å². The molecule has 1 fully saturated rings. The van der Waals surface area contributed by atoms with Gasteiger partial charge in [0.15, 0.2) is 0 Å². The standard InChI is InChI=1S/C12H26N2/c1-9(10-6-7-10)14(5)11(8-13)12(2,3)4/h9-11H,6-8,13H2,1-5H3. The minimum absolute atomic E-state index is 0.284. The highest BCUT2D eigenvalue weighted by molar-refractivity contribution is 4.90. The first-order valence-corrected chi connectivity index (χ1v) is 5.80. The molecule has 14 heavy (non-hydrogen) atoms. The van der Waals surface area contributed by atoms with Crippen molar-refractivity contribution in [1.29, 1.82) is 0 Å². The summed E-state index contributed by atoms with van der Waals surface area (Å²) in [6, 6.07) is 1.20. The zero-order chi connectivity index (χ0) is 10.9. The summed E-state index contributed by atoms with van der Waals surface area (Å²) in [6.07, 6.45) is 2.82. The third-order valence-corrected chi connectivity index (χ3v) is 3.66. The first-order valence-electron chi connectivity index (χ1n) is 5.80. The Kier molecular flexibility index (Phi) is 3.59. The summed E-state index contributed by atoms with van der Waals surface area (Å²) in [5, 5.41) is 0. The fraction of sp³-hybridized carbons (Fsp3) is 1.00. The first kappa shape index (κ1) is 12.0. The zero-order valence-electron chi connectivity index (χ0n) is 10.4. The lowest BCUT2D eigenvalue weighted by Gasteiger charge is -2.40. The van der Waals surface area contributed by atoms with Crippen LogP contribution in [0, 0.1) is 11.3 Å². The van der Waals surface area contributed by atoms with Crippen molar-refractivity contribution >= 4 is 0 Å². The summed E-state index contributed by atoms with van der Waals surface area (Å²) in [5.74, 6) is 0.927. The topological polar surface area (TPSA) is 29.3 Å². The molecule has 0 saturated heterocycles. The van der Waals surface area contributed by atoms with E-state index >= 15 is 0 Å². The second-order valence-corrected chi connectivity index (χ2v) is 5.86. The van der Waals surface area contributed by atoms with Crippen LogP contribution in [0.1, 0.15) is 40.5 Å². The Labute approximate surface area is 88.8 Å². The predicted molar refractivity (Wildman–Crippen MR) is 62.2 cm³/mol. The van der Waals surface area contributed by atoms with E-state index in [-0.39, 0.29) is 5.41 Å². The normalized spacial score (nSPS) is 22.5. The summed E-state index contributed by atoms with van der Waals surface area (Å²) in [5.41, 5.74) is 6.16. The van der Waals surface area contributed by atoms with Crippen LogP contribution in [0.5, 0.6) is 0 Å². The zero-order valence-corrected chi connectivity index (χ0v) is 10.4. The lowest BCUT2D eigenvalue weighted by molar-refractivity contribution is 0.0874. The number of nitrogens with zero attached hydrogens (tertiary/aromatic N) is 1. The van der Waals surface area contributed by atoms with Gasteiger partial charge in [0.2, 0.25) is 0 Å².